The van der Waals surface area contributed by atoms with E-state index in [1.165, 1.54) is 19.2 Å². The zero-order valence-corrected chi connectivity index (χ0v) is 13.7. The van der Waals surface area contributed by atoms with E-state index in [4.69, 9.17) is 27.9 Å². The van der Waals surface area contributed by atoms with Gasteiger partial charge in [0.15, 0.2) is 0 Å². The van der Waals surface area contributed by atoms with Crippen LogP contribution in [-0.4, -0.2) is 15.5 Å². The molecule has 0 unspecified atom stereocenters. The molecule has 21 heavy (non-hydrogen) atoms. The maximum absolute atomic E-state index is 12.4. The van der Waals surface area contributed by atoms with Gasteiger partial charge in [0.25, 0.3) is 10.0 Å². The van der Waals surface area contributed by atoms with Crippen molar-refractivity contribution in [3.63, 3.8) is 0 Å². The van der Waals surface area contributed by atoms with Crippen LogP contribution in [0, 0.1) is 6.92 Å². The SMILES string of the molecule is COc1ccc(NS(=O)(=O)c2cc(Cl)c(Cl)cc2C)cc1. The first-order chi connectivity index (χ1) is 9.83. The highest BCUT2D eigenvalue weighted by molar-refractivity contribution is 7.92. The van der Waals surface area contributed by atoms with Crippen LogP contribution in [0.1, 0.15) is 5.56 Å². The number of methoxy groups -OCH3 is 1. The Kier molecular flexibility index (Phi) is 4.66. The van der Waals surface area contributed by atoms with Gasteiger partial charge in [-0.25, -0.2) is 8.42 Å². The Balaban J connectivity index is 2.35. The van der Waals surface area contributed by atoms with Gasteiger partial charge in [-0.15, -0.1) is 0 Å². The Bertz CT molecular complexity index is 759. The molecule has 4 nitrogen and oxygen atoms in total. The molecule has 0 amide bonds. The van der Waals surface area contributed by atoms with Gasteiger partial charge in [-0.2, -0.15) is 0 Å². The normalized spacial score (nSPS) is 11.2. The number of anilines is 1. The standard InChI is InChI=1S/C14H13Cl2NO3S/c1-9-7-12(15)13(16)8-14(9)21(18,19)17-10-3-5-11(20-2)6-4-10/h3-8,17H,1-2H3. The predicted octanol–water partition coefficient (Wildman–Crippen LogP) is 4.11. The highest BCUT2D eigenvalue weighted by Gasteiger charge is 2.18. The topological polar surface area (TPSA) is 55.4 Å². The molecule has 0 saturated carbocycles. The molecular weight excluding hydrogens is 333 g/mol. The molecule has 2 aromatic rings. The smallest absolute Gasteiger partial charge is 0.262 e. The third kappa shape index (κ3) is 3.61. The van der Waals surface area contributed by atoms with Crippen molar-refractivity contribution in [1.82, 2.24) is 0 Å². The molecule has 2 rings (SSSR count). The lowest BCUT2D eigenvalue weighted by molar-refractivity contribution is 0.415. The quantitative estimate of drug-likeness (QED) is 0.906. The molecule has 0 heterocycles. The summed E-state index contributed by atoms with van der Waals surface area (Å²) in [5.41, 5.74) is 0.951. The minimum absolute atomic E-state index is 0.0905. The Hall–Kier alpha value is -1.43. The van der Waals surface area contributed by atoms with Crippen LogP contribution >= 0.6 is 23.2 Å². The van der Waals surface area contributed by atoms with Crippen molar-refractivity contribution in [3.8, 4) is 5.75 Å². The fraction of sp³-hybridized carbons (Fsp3) is 0.143. The lowest BCUT2D eigenvalue weighted by Gasteiger charge is -2.12. The zero-order chi connectivity index (χ0) is 15.6. The largest absolute Gasteiger partial charge is 0.497 e. The van der Waals surface area contributed by atoms with Crippen LogP contribution in [0.5, 0.6) is 5.75 Å². The molecule has 0 aliphatic rings. The summed E-state index contributed by atoms with van der Waals surface area (Å²) in [5, 5.41) is 0.509. The lowest BCUT2D eigenvalue weighted by Crippen LogP contribution is -2.14. The summed E-state index contributed by atoms with van der Waals surface area (Å²) in [5.74, 6) is 0.642. The van der Waals surface area contributed by atoms with E-state index in [0.29, 0.717) is 22.0 Å². The molecule has 7 heteroatoms. The fourth-order valence-electron chi connectivity index (χ4n) is 1.79. The second-order valence-electron chi connectivity index (χ2n) is 4.37. The number of ether oxygens (including phenoxy) is 1. The van der Waals surface area contributed by atoms with Crippen LogP contribution in [0.4, 0.5) is 5.69 Å². The summed E-state index contributed by atoms with van der Waals surface area (Å²) >= 11 is 11.8. The molecule has 1 N–H and O–H groups in total. The number of rotatable bonds is 4. The molecule has 0 fully saturated rings. The van der Waals surface area contributed by atoms with Crippen LogP contribution in [0.15, 0.2) is 41.3 Å². The second-order valence-corrected chi connectivity index (χ2v) is 6.83. The highest BCUT2D eigenvalue weighted by atomic mass is 35.5. The van der Waals surface area contributed by atoms with Gasteiger partial charge in [-0.05, 0) is 48.9 Å². The van der Waals surface area contributed by atoms with Gasteiger partial charge in [0.05, 0.1) is 22.1 Å². The summed E-state index contributed by atoms with van der Waals surface area (Å²) in [6, 6.07) is 9.42. The van der Waals surface area contributed by atoms with Crippen LogP contribution in [0.3, 0.4) is 0 Å². The Morgan fingerprint density at radius 3 is 2.19 bits per heavy atom. The maximum Gasteiger partial charge on any atom is 0.262 e. The number of hydrogen-bond acceptors (Lipinski definition) is 3. The van der Waals surface area contributed by atoms with E-state index in [-0.39, 0.29) is 9.92 Å². The number of halogens is 2. The third-order valence-electron chi connectivity index (χ3n) is 2.85. The monoisotopic (exact) mass is 345 g/mol. The first kappa shape index (κ1) is 15.9. The lowest BCUT2D eigenvalue weighted by atomic mass is 10.2. The fourth-order valence-corrected chi connectivity index (χ4v) is 3.55. The van der Waals surface area contributed by atoms with Gasteiger partial charge >= 0.3 is 0 Å². The van der Waals surface area contributed by atoms with Crippen molar-refractivity contribution in [2.45, 2.75) is 11.8 Å². The van der Waals surface area contributed by atoms with Crippen molar-refractivity contribution in [2.75, 3.05) is 11.8 Å². The molecule has 0 aliphatic heterocycles. The van der Waals surface area contributed by atoms with Gasteiger partial charge in [-0.3, -0.25) is 4.72 Å². The Morgan fingerprint density at radius 2 is 1.62 bits per heavy atom. The molecule has 0 aliphatic carbocycles. The number of benzene rings is 2. The Morgan fingerprint density at radius 1 is 1.05 bits per heavy atom. The van der Waals surface area contributed by atoms with E-state index in [1.54, 1.807) is 31.2 Å². The van der Waals surface area contributed by atoms with E-state index in [0.717, 1.165) is 0 Å². The molecule has 2 aromatic carbocycles. The molecular formula is C14H13Cl2NO3S. The van der Waals surface area contributed by atoms with E-state index in [9.17, 15) is 8.42 Å². The van der Waals surface area contributed by atoms with Gasteiger partial charge in [0.1, 0.15) is 5.75 Å². The second kappa shape index (κ2) is 6.13. The van der Waals surface area contributed by atoms with Crippen LogP contribution < -0.4 is 9.46 Å². The molecule has 0 bridgehead atoms. The van der Waals surface area contributed by atoms with E-state index in [1.807, 2.05) is 0 Å². The van der Waals surface area contributed by atoms with Crippen molar-refractivity contribution in [1.29, 1.82) is 0 Å². The molecule has 0 spiro atoms. The van der Waals surface area contributed by atoms with Crippen LogP contribution in [0.25, 0.3) is 0 Å². The van der Waals surface area contributed by atoms with Crippen molar-refractivity contribution in [3.05, 3.63) is 52.0 Å². The van der Waals surface area contributed by atoms with Crippen LogP contribution in [-0.2, 0) is 10.0 Å². The first-order valence-electron chi connectivity index (χ1n) is 5.96. The molecule has 0 aromatic heterocycles. The maximum atomic E-state index is 12.4. The molecule has 0 atom stereocenters. The molecule has 0 saturated heterocycles. The third-order valence-corrected chi connectivity index (χ3v) is 5.10. The molecule has 112 valence electrons. The summed E-state index contributed by atoms with van der Waals surface area (Å²) in [7, 11) is -2.20. The number of aryl methyl sites for hydroxylation is 1. The summed E-state index contributed by atoms with van der Waals surface area (Å²) < 4.78 is 32.3. The zero-order valence-electron chi connectivity index (χ0n) is 11.4. The minimum atomic E-state index is -3.74. The first-order valence-corrected chi connectivity index (χ1v) is 8.20. The number of nitrogens with one attached hydrogen (secondary N) is 1. The molecule has 0 radical (unpaired) electrons. The van der Waals surface area contributed by atoms with Crippen molar-refractivity contribution < 1.29 is 13.2 Å². The van der Waals surface area contributed by atoms with Crippen LogP contribution in [0.2, 0.25) is 10.0 Å². The van der Waals surface area contributed by atoms with E-state index in [2.05, 4.69) is 4.72 Å². The average molecular weight is 346 g/mol. The van der Waals surface area contributed by atoms with Crippen molar-refractivity contribution in [2.24, 2.45) is 0 Å². The summed E-state index contributed by atoms with van der Waals surface area (Å²) in [6.45, 7) is 1.66. The van der Waals surface area contributed by atoms with Crippen molar-refractivity contribution >= 4 is 38.9 Å². The summed E-state index contributed by atoms with van der Waals surface area (Å²) in [6.07, 6.45) is 0. The Labute approximate surface area is 133 Å². The number of hydrogen-bond donors (Lipinski definition) is 1. The summed E-state index contributed by atoms with van der Waals surface area (Å²) in [4.78, 5) is 0.0905. The van der Waals surface area contributed by atoms with Gasteiger partial charge in [0.2, 0.25) is 0 Å². The predicted molar refractivity (Wildman–Crippen MR) is 85.0 cm³/mol. The van der Waals surface area contributed by atoms with Gasteiger partial charge in [0, 0.05) is 5.69 Å². The average Bonchev–Trinajstić information content (AvgIpc) is 2.43. The van der Waals surface area contributed by atoms with E-state index >= 15 is 0 Å². The van der Waals surface area contributed by atoms with Gasteiger partial charge < -0.3 is 4.74 Å². The minimum Gasteiger partial charge on any atom is -0.497 e. The number of sulfonamides is 1. The highest BCUT2D eigenvalue weighted by Crippen LogP contribution is 2.29. The van der Waals surface area contributed by atoms with Gasteiger partial charge in [-0.1, -0.05) is 23.2 Å². The van der Waals surface area contributed by atoms with E-state index < -0.39 is 10.0 Å².